The summed E-state index contributed by atoms with van der Waals surface area (Å²) >= 11 is 0. The molecule has 0 aromatic heterocycles. The van der Waals surface area contributed by atoms with Crippen molar-refractivity contribution in [1.82, 2.24) is 0 Å². The van der Waals surface area contributed by atoms with E-state index in [1.165, 1.54) is 0 Å². The third kappa shape index (κ3) is 5.68. The topological polar surface area (TPSA) is 70.5 Å². The van der Waals surface area contributed by atoms with Crippen LogP contribution in [0.15, 0.2) is 0 Å². The average Bonchev–Trinajstić information content (AvgIpc) is 2.23. The van der Waals surface area contributed by atoms with Crippen LogP contribution in [-0.2, 0) is 9.47 Å². The van der Waals surface area contributed by atoms with E-state index in [1.54, 1.807) is 0 Å². The highest BCUT2D eigenvalue weighted by Crippen LogP contribution is 2.41. The fourth-order valence-corrected chi connectivity index (χ4v) is 2.38. The Morgan fingerprint density at radius 1 is 0.950 bits per heavy atom. The molecule has 20 heavy (non-hydrogen) atoms. The molecule has 0 saturated carbocycles. The molecule has 2 atom stereocenters. The molecule has 0 aliphatic carbocycles. The van der Waals surface area contributed by atoms with Gasteiger partial charge >= 0.3 is 0 Å². The highest BCUT2D eigenvalue weighted by molar-refractivity contribution is 4.91. The quantitative estimate of drug-likeness (QED) is 0.640. The first-order valence-electron chi connectivity index (χ1n) is 7.59. The van der Waals surface area contributed by atoms with Gasteiger partial charge in [-0.05, 0) is 52.4 Å². The Kier molecular flexibility index (Phi) is 7.15. The summed E-state index contributed by atoms with van der Waals surface area (Å²) in [5.41, 5.74) is 10.9. The minimum atomic E-state index is -0.296. The number of hydrogen-bond acceptors (Lipinski definition) is 4. The van der Waals surface area contributed by atoms with Gasteiger partial charge in [0.05, 0.1) is 24.5 Å². The largest absolute Gasteiger partial charge is 0.375 e. The summed E-state index contributed by atoms with van der Waals surface area (Å²) in [6.45, 7) is 17.9. The maximum Gasteiger partial charge on any atom is 0.0947 e. The van der Waals surface area contributed by atoms with Gasteiger partial charge in [0, 0.05) is 6.04 Å². The molecule has 2 unspecified atom stereocenters. The van der Waals surface area contributed by atoms with E-state index < -0.39 is 0 Å². The predicted octanol–water partition coefficient (Wildman–Crippen LogP) is 2.89. The van der Waals surface area contributed by atoms with Crippen LogP contribution in [0.1, 0.15) is 61.8 Å². The van der Waals surface area contributed by atoms with Crippen LogP contribution in [0.4, 0.5) is 0 Å². The third-order valence-electron chi connectivity index (χ3n) is 4.77. The Morgan fingerprint density at radius 2 is 1.45 bits per heavy atom. The first-order chi connectivity index (χ1) is 8.85. The predicted molar refractivity (Wildman–Crippen MR) is 85.5 cm³/mol. The molecule has 0 bridgehead atoms. The summed E-state index contributed by atoms with van der Waals surface area (Å²) < 4.78 is 11.8. The number of rotatable bonds is 9. The normalized spacial score (nSPS) is 17.1. The maximum atomic E-state index is 6.09. The first-order valence-corrected chi connectivity index (χ1v) is 7.59. The van der Waals surface area contributed by atoms with Crippen molar-refractivity contribution >= 4 is 0 Å². The molecule has 0 saturated heterocycles. The lowest BCUT2D eigenvalue weighted by molar-refractivity contribution is -0.140. The SMILES string of the molecule is CC(N)CC(C)(C)OCC(C)C(C)(C)C(C)(C)OCN. The molecule has 0 amide bonds. The molecule has 0 fully saturated rings. The van der Waals surface area contributed by atoms with Gasteiger partial charge in [0.2, 0.25) is 0 Å². The first kappa shape index (κ1) is 19.8. The van der Waals surface area contributed by atoms with E-state index in [2.05, 4.69) is 48.5 Å². The maximum absolute atomic E-state index is 6.09. The summed E-state index contributed by atoms with van der Waals surface area (Å²) in [4.78, 5) is 0. The fraction of sp³-hybridized carbons (Fsp3) is 1.00. The molecule has 0 heterocycles. The van der Waals surface area contributed by atoms with Crippen molar-refractivity contribution in [3.05, 3.63) is 0 Å². The van der Waals surface area contributed by atoms with Gasteiger partial charge in [-0.3, -0.25) is 0 Å². The second-order valence-corrected chi connectivity index (χ2v) is 7.70. The molecule has 122 valence electrons. The van der Waals surface area contributed by atoms with Crippen LogP contribution < -0.4 is 11.5 Å². The third-order valence-corrected chi connectivity index (χ3v) is 4.77. The average molecular weight is 288 g/mol. The molecule has 0 aliphatic rings. The highest BCUT2D eigenvalue weighted by atomic mass is 16.5. The van der Waals surface area contributed by atoms with Gasteiger partial charge < -0.3 is 20.9 Å². The number of ether oxygens (including phenoxy) is 2. The lowest BCUT2D eigenvalue weighted by Gasteiger charge is -2.46. The molecule has 4 nitrogen and oxygen atoms in total. The highest BCUT2D eigenvalue weighted by Gasteiger charge is 2.42. The standard InChI is InChI=1S/C16H36N2O2/c1-12(10-19-14(3,4)9-13(2)18)15(5,6)16(7,8)20-11-17/h12-13H,9-11,17-18H2,1-8H3. The lowest BCUT2D eigenvalue weighted by atomic mass is 9.68. The van der Waals surface area contributed by atoms with Gasteiger partial charge in [0.15, 0.2) is 0 Å². The number of hydrogen-bond donors (Lipinski definition) is 2. The minimum Gasteiger partial charge on any atom is -0.375 e. The molecule has 0 aliphatic heterocycles. The Morgan fingerprint density at radius 3 is 1.85 bits per heavy atom. The van der Waals surface area contributed by atoms with Crippen LogP contribution in [-0.4, -0.2) is 30.6 Å². The van der Waals surface area contributed by atoms with Crippen molar-refractivity contribution in [1.29, 1.82) is 0 Å². The molecule has 0 spiro atoms. The summed E-state index contributed by atoms with van der Waals surface area (Å²) in [5.74, 6) is 0.344. The van der Waals surface area contributed by atoms with Crippen molar-refractivity contribution in [3.8, 4) is 0 Å². The molecule has 0 aromatic rings. The van der Waals surface area contributed by atoms with Gasteiger partial charge in [0.25, 0.3) is 0 Å². The molecule has 0 aromatic carbocycles. The van der Waals surface area contributed by atoms with Crippen molar-refractivity contribution < 1.29 is 9.47 Å². The monoisotopic (exact) mass is 288 g/mol. The van der Waals surface area contributed by atoms with Gasteiger partial charge in [-0.15, -0.1) is 0 Å². The van der Waals surface area contributed by atoms with E-state index in [0.717, 1.165) is 6.42 Å². The van der Waals surface area contributed by atoms with Crippen LogP contribution >= 0.6 is 0 Å². The molecule has 4 N–H and O–H groups in total. The van der Waals surface area contributed by atoms with Crippen molar-refractivity contribution in [2.45, 2.75) is 79.1 Å². The van der Waals surface area contributed by atoms with Crippen molar-refractivity contribution in [3.63, 3.8) is 0 Å². The van der Waals surface area contributed by atoms with E-state index in [-0.39, 0.29) is 29.4 Å². The summed E-state index contributed by atoms with van der Waals surface area (Å²) in [6, 6.07) is 0.144. The Bertz CT molecular complexity index is 286. The van der Waals surface area contributed by atoms with Crippen molar-refractivity contribution in [2.24, 2.45) is 22.8 Å². The van der Waals surface area contributed by atoms with Gasteiger partial charge in [-0.25, -0.2) is 0 Å². The Labute approximate surface area is 125 Å². The number of nitrogens with two attached hydrogens (primary N) is 2. The van der Waals surface area contributed by atoms with E-state index in [1.807, 2.05) is 6.92 Å². The van der Waals surface area contributed by atoms with Gasteiger partial charge in [-0.2, -0.15) is 0 Å². The second-order valence-electron chi connectivity index (χ2n) is 7.70. The van der Waals surface area contributed by atoms with Crippen LogP contribution in [0, 0.1) is 11.3 Å². The summed E-state index contributed by atoms with van der Waals surface area (Å²) in [7, 11) is 0. The van der Waals surface area contributed by atoms with Crippen LogP contribution in [0.3, 0.4) is 0 Å². The second kappa shape index (κ2) is 7.21. The lowest BCUT2D eigenvalue weighted by Crippen LogP contribution is -2.48. The van der Waals surface area contributed by atoms with E-state index in [4.69, 9.17) is 20.9 Å². The molecular formula is C16H36N2O2. The van der Waals surface area contributed by atoms with Crippen molar-refractivity contribution in [2.75, 3.05) is 13.3 Å². The van der Waals surface area contributed by atoms with Crippen LogP contribution in [0.5, 0.6) is 0 Å². The summed E-state index contributed by atoms with van der Waals surface area (Å²) in [5, 5.41) is 0. The summed E-state index contributed by atoms with van der Waals surface area (Å²) in [6.07, 6.45) is 0.850. The van der Waals surface area contributed by atoms with Crippen LogP contribution in [0.2, 0.25) is 0 Å². The Hall–Kier alpha value is -0.160. The van der Waals surface area contributed by atoms with E-state index in [9.17, 15) is 0 Å². The van der Waals surface area contributed by atoms with Crippen LogP contribution in [0.25, 0.3) is 0 Å². The molecule has 0 rings (SSSR count). The van der Waals surface area contributed by atoms with E-state index in [0.29, 0.717) is 12.5 Å². The zero-order valence-corrected chi connectivity index (χ0v) is 14.7. The zero-order chi connectivity index (χ0) is 16.2. The fourth-order valence-electron chi connectivity index (χ4n) is 2.38. The minimum absolute atomic E-state index is 0.0449. The van der Waals surface area contributed by atoms with Gasteiger partial charge in [0.1, 0.15) is 0 Å². The molecule has 0 radical (unpaired) electrons. The molecular weight excluding hydrogens is 252 g/mol. The Balaban J connectivity index is 4.64. The van der Waals surface area contributed by atoms with Gasteiger partial charge in [-0.1, -0.05) is 20.8 Å². The van der Waals surface area contributed by atoms with E-state index >= 15 is 0 Å². The zero-order valence-electron chi connectivity index (χ0n) is 14.7. The smallest absolute Gasteiger partial charge is 0.0947 e. The molecule has 4 heteroatoms.